The van der Waals surface area contributed by atoms with Crippen LogP contribution in [0.3, 0.4) is 0 Å². The summed E-state index contributed by atoms with van der Waals surface area (Å²) in [4.78, 5) is 38.4. The molecule has 2 N–H and O–H groups in total. The minimum absolute atomic E-state index is 0.131. The maximum atomic E-state index is 13.1. The molecule has 27 heavy (non-hydrogen) atoms. The Bertz CT molecular complexity index is 655. The number of thioether (sulfide) groups is 1. The maximum Gasteiger partial charge on any atom is 0.305 e. The van der Waals surface area contributed by atoms with E-state index in [0.29, 0.717) is 30.7 Å². The summed E-state index contributed by atoms with van der Waals surface area (Å²) >= 11 is 1.59. The van der Waals surface area contributed by atoms with Crippen LogP contribution in [0.2, 0.25) is 0 Å². The molecule has 1 aromatic rings. The molecule has 1 aromatic carbocycles. The molecule has 1 saturated heterocycles. The second kappa shape index (κ2) is 10.3. The van der Waals surface area contributed by atoms with E-state index in [9.17, 15) is 14.4 Å². The Morgan fingerprint density at radius 1 is 1.33 bits per heavy atom. The van der Waals surface area contributed by atoms with E-state index in [4.69, 9.17) is 9.84 Å². The van der Waals surface area contributed by atoms with Gasteiger partial charge in [0.25, 0.3) is 5.91 Å². The van der Waals surface area contributed by atoms with Gasteiger partial charge < -0.3 is 20.1 Å². The van der Waals surface area contributed by atoms with Crippen LogP contribution in [-0.4, -0.2) is 71.6 Å². The number of methoxy groups -OCH3 is 1. The second-order valence-corrected chi connectivity index (χ2v) is 7.49. The first-order valence-electron chi connectivity index (χ1n) is 8.86. The zero-order chi connectivity index (χ0) is 19.8. The molecule has 3 unspecified atom stereocenters. The molecule has 0 aromatic heterocycles. The Morgan fingerprint density at radius 3 is 2.63 bits per heavy atom. The number of amides is 2. The molecule has 0 radical (unpaired) electrons. The van der Waals surface area contributed by atoms with Gasteiger partial charge in [0.05, 0.1) is 12.5 Å². The summed E-state index contributed by atoms with van der Waals surface area (Å²) in [5.74, 6) is -0.814. The molecule has 2 amide bonds. The van der Waals surface area contributed by atoms with Crippen LogP contribution in [0.25, 0.3) is 0 Å². The van der Waals surface area contributed by atoms with E-state index < -0.39 is 18.1 Å². The molecule has 0 bridgehead atoms. The molecule has 148 valence electrons. The smallest absolute Gasteiger partial charge is 0.305 e. The highest BCUT2D eigenvalue weighted by Gasteiger charge is 2.39. The molecular weight excluding hydrogens is 368 g/mol. The predicted octanol–water partition coefficient (Wildman–Crippen LogP) is 1.63. The van der Waals surface area contributed by atoms with Crippen molar-refractivity contribution >= 4 is 29.5 Å². The number of carboxylic acids is 1. The standard InChI is InChI=1S/C19H26N2O5S/c1-26-15-10-14(11-17(22)23)21(12-15)19(25)16(8-9-27-2)20-18(24)13-6-4-3-5-7-13/h3-7,14-16H,8-12H2,1-2H3,(H,20,24)(H,22,23). The highest BCUT2D eigenvalue weighted by atomic mass is 32.2. The van der Waals surface area contributed by atoms with Crippen molar-refractivity contribution in [2.75, 3.05) is 25.7 Å². The summed E-state index contributed by atoms with van der Waals surface area (Å²) in [6.07, 6.45) is 2.57. The van der Waals surface area contributed by atoms with Crippen LogP contribution >= 0.6 is 11.8 Å². The van der Waals surface area contributed by atoms with Gasteiger partial charge in [-0.15, -0.1) is 0 Å². The minimum atomic E-state index is -0.955. The van der Waals surface area contributed by atoms with Crippen molar-refractivity contribution in [1.82, 2.24) is 10.2 Å². The van der Waals surface area contributed by atoms with Crippen LogP contribution in [0.4, 0.5) is 0 Å². The minimum Gasteiger partial charge on any atom is -0.481 e. The van der Waals surface area contributed by atoms with E-state index in [2.05, 4.69) is 5.32 Å². The highest BCUT2D eigenvalue weighted by molar-refractivity contribution is 7.98. The van der Waals surface area contributed by atoms with Crippen LogP contribution in [0.5, 0.6) is 0 Å². The second-order valence-electron chi connectivity index (χ2n) is 6.51. The Hall–Kier alpha value is -2.06. The monoisotopic (exact) mass is 394 g/mol. The lowest BCUT2D eigenvalue weighted by Gasteiger charge is -2.28. The summed E-state index contributed by atoms with van der Waals surface area (Å²) in [5, 5.41) is 12.0. The number of carbonyl (C=O) groups is 3. The van der Waals surface area contributed by atoms with Gasteiger partial charge in [0, 0.05) is 25.3 Å². The number of aliphatic carboxylic acids is 1. The summed E-state index contributed by atoms with van der Waals surface area (Å²) in [6.45, 7) is 0.338. The van der Waals surface area contributed by atoms with Crippen molar-refractivity contribution in [2.24, 2.45) is 0 Å². The SMILES string of the molecule is COC1CC(CC(=O)O)N(C(=O)C(CCSC)NC(=O)c2ccccc2)C1. The van der Waals surface area contributed by atoms with Crippen molar-refractivity contribution in [3.8, 4) is 0 Å². The molecule has 3 atom stereocenters. The molecule has 2 rings (SSSR count). The van der Waals surface area contributed by atoms with Crippen LogP contribution < -0.4 is 5.32 Å². The third kappa shape index (κ3) is 5.97. The van der Waals surface area contributed by atoms with Gasteiger partial charge in [0.2, 0.25) is 5.91 Å². The number of nitrogens with zero attached hydrogens (tertiary/aromatic N) is 1. The van der Waals surface area contributed by atoms with Gasteiger partial charge >= 0.3 is 5.97 Å². The number of likely N-dealkylation sites (tertiary alicyclic amines) is 1. The van der Waals surface area contributed by atoms with E-state index >= 15 is 0 Å². The lowest BCUT2D eigenvalue weighted by Crippen LogP contribution is -2.51. The van der Waals surface area contributed by atoms with Crippen LogP contribution in [0, 0.1) is 0 Å². The molecule has 0 saturated carbocycles. The van der Waals surface area contributed by atoms with Crippen molar-refractivity contribution in [3.05, 3.63) is 35.9 Å². The third-order valence-corrected chi connectivity index (χ3v) is 5.30. The lowest BCUT2D eigenvalue weighted by molar-refractivity contribution is -0.140. The number of carbonyl (C=O) groups excluding carboxylic acids is 2. The van der Waals surface area contributed by atoms with Gasteiger partial charge in [-0.3, -0.25) is 14.4 Å². The number of hydrogen-bond acceptors (Lipinski definition) is 5. The summed E-state index contributed by atoms with van der Waals surface area (Å²) in [5.41, 5.74) is 0.484. The molecule has 0 spiro atoms. The van der Waals surface area contributed by atoms with Crippen LogP contribution in [0.1, 0.15) is 29.6 Å². The topological polar surface area (TPSA) is 95.9 Å². The van der Waals surface area contributed by atoms with E-state index in [-0.39, 0.29) is 24.3 Å². The first kappa shape index (κ1) is 21.2. The van der Waals surface area contributed by atoms with Crippen molar-refractivity contribution < 1.29 is 24.2 Å². The molecule has 7 nitrogen and oxygen atoms in total. The third-order valence-electron chi connectivity index (χ3n) is 4.65. The van der Waals surface area contributed by atoms with Crippen molar-refractivity contribution in [2.45, 2.75) is 37.5 Å². The molecule has 1 heterocycles. The first-order chi connectivity index (χ1) is 13.0. The van der Waals surface area contributed by atoms with Gasteiger partial charge in [-0.05, 0) is 37.0 Å². The maximum absolute atomic E-state index is 13.1. The van der Waals surface area contributed by atoms with Gasteiger partial charge in [-0.1, -0.05) is 18.2 Å². The number of nitrogens with one attached hydrogen (secondary N) is 1. The number of benzene rings is 1. The fourth-order valence-electron chi connectivity index (χ4n) is 3.23. The zero-order valence-corrected chi connectivity index (χ0v) is 16.4. The molecule has 1 aliphatic heterocycles. The fraction of sp³-hybridized carbons (Fsp3) is 0.526. The Kier molecular flexibility index (Phi) is 8.12. The van der Waals surface area contributed by atoms with Gasteiger partial charge in [0.15, 0.2) is 0 Å². The Labute approximate surface area is 163 Å². The van der Waals surface area contributed by atoms with E-state index in [1.54, 1.807) is 48.0 Å². The summed E-state index contributed by atoms with van der Waals surface area (Å²) in [7, 11) is 1.55. The van der Waals surface area contributed by atoms with Crippen molar-refractivity contribution in [3.63, 3.8) is 0 Å². The number of ether oxygens (including phenoxy) is 1. The van der Waals surface area contributed by atoms with E-state index in [1.807, 2.05) is 12.3 Å². The Balaban J connectivity index is 2.14. The molecule has 8 heteroatoms. The Morgan fingerprint density at radius 2 is 2.04 bits per heavy atom. The fourth-order valence-corrected chi connectivity index (χ4v) is 3.71. The molecule has 0 aliphatic carbocycles. The molecule has 1 aliphatic rings. The van der Waals surface area contributed by atoms with Crippen LogP contribution in [-0.2, 0) is 14.3 Å². The van der Waals surface area contributed by atoms with E-state index in [1.165, 1.54) is 0 Å². The van der Waals surface area contributed by atoms with Gasteiger partial charge in [-0.25, -0.2) is 0 Å². The normalized spacial score (nSPS) is 20.3. The molecular formula is C19H26N2O5S. The first-order valence-corrected chi connectivity index (χ1v) is 10.3. The average Bonchev–Trinajstić information content (AvgIpc) is 3.07. The summed E-state index contributed by atoms with van der Waals surface area (Å²) < 4.78 is 5.34. The number of carboxylic acid groups (broad SMARTS) is 1. The van der Waals surface area contributed by atoms with Gasteiger partial charge in [0.1, 0.15) is 6.04 Å². The van der Waals surface area contributed by atoms with Crippen molar-refractivity contribution in [1.29, 1.82) is 0 Å². The largest absolute Gasteiger partial charge is 0.481 e. The predicted molar refractivity (Wildman–Crippen MR) is 104 cm³/mol. The quantitative estimate of drug-likeness (QED) is 0.661. The van der Waals surface area contributed by atoms with E-state index in [0.717, 1.165) is 0 Å². The summed E-state index contributed by atoms with van der Waals surface area (Å²) in [6, 6.07) is 7.60. The van der Waals surface area contributed by atoms with Gasteiger partial charge in [-0.2, -0.15) is 11.8 Å². The van der Waals surface area contributed by atoms with Crippen LogP contribution in [0.15, 0.2) is 30.3 Å². The lowest BCUT2D eigenvalue weighted by atomic mass is 10.1. The molecule has 1 fully saturated rings. The number of rotatable bonds is 9. The zero-order valence-electron chi connectivity index (χ0n) is 15.6. The average molecular weight is 394 g/mol. The number of hydrogen-bond donors (Lipinski definition) is 2. The highest BCUT2D eigenvalue weighted by Crippen LogP contribution is 2.24.